The summed E-state index contributed by atoms with van der Waals surface area (Å²) < 4.78 is 11.3. The van der Waals surface area contributed by atoms with Crippen molar-refractivity contribution in [2.45, 2.75) is 30.8 Å². The molecule has 3 N–H and O–H groups in total. The molecule has 0 saturated heterocycles. The van der Waals surface area contributed by atoms with E-state index in [2.05, 4.69) is 30.9 Å². The number of nitrogens with one attached hydrogen (secondary N) is 3. The van der Waals surface area contributed by atoms with E-state index < -0.39 is 0 Å². The summed E-state index contributed by atoms with van der Waals surface area (Å²) in [5.74, 6) is 1.84. The van der Waals surface area contributed by atoms with Crippen LogP contribution in [0.1, 0.15) is 36.0 Å². The second-order valence-corrected chi connectivity index (χ2v) is 7.78. The number of hydrogen-bond acceptors (Lipinski definition) is 9. The van der Waals surface area contributed by atoms with Gasteiger partial charge in [0.25, 0.3) is 5.91 Å². The fourth-order valence-electron chi connectivity index (χ4n) is 2.89. The van der Waals surface area contributed by atoms with E-state index in [1.54, 1.807) is 18.3 Å². The first-order chi connectivity index (χ1) is 15.2. The van der Waals surface area contributed by atoms with E-state index >= 15 is 0 Å². The highest BCUT2D eigenvalue weighted by Gasteiger charge is 2.08. The van der Waals surface area contributed by atoms with Gasteiger partial charge in [-0.15, -0.1) is 0 Å². The minimum absolute atomic E-state index is 0.146. The van der Waals surface area contributed by atoms with Gasteiger partial charge in [0, 0.05) is 51.8 Å². The molecular formula is C21H30N6O3S. The molecule has 2 aliphatic rings. The number of nitrogens with zero attached hydrogens (tertiary/aromatic N) is 3. The molecule has 0 fully saturated rings. The monoisotopic (exact) mass is 446 g/mol. The molecule has 2 aromatic rings. The van der Waals surface area contributed by atoms with E-state index in [1.807, 2.05) is 12.3 Å². The van der Waals surface area contributed by atoms with Crippen LogP contribution in [0.2, 0.25) is 0 Å². The van der Waals surface area contributed by atoms with Gasteiger partial charge in [0.2, 0.25) is 0 Å². The summed E-state index contributed by atoms with van der Waals surface area (Å²) in [6.07, 6.45) is 7.10. The van der Waals surface area contributed by atoms with Crippen LogP contribution in [0.25, 0.3) is 0 Å². The number of aromatic nitrogens is 3. The SMILES string of the molecule is CSc1nc2cc(n1)Nc1ccc(cn1)C(=O)NCCCOCCCCOCCCN2. The van der Waals surface area contributed by atoms with Gasteiger partial charge in [0.15, 0.2) is 5.16 Å². The number of amides is 1. The van der Waals surface area contributed by atoms with Gasteiger partial charge in [0.1, 0.15) is 17.5 Å². The Kier molecular flexibility index (Phi) is 9.81. The van der Waals surface area contributed by atoms with Crippen LogP contribution in [0, 0.1) is 0 Å². The van der Waals surface area contributed by atoms with Crippen molar-refractivity contribution >= 4 is 35.1 Å². The third-order valence-corrected chi connectivity index (χ3v) is 5.07. The van der Waals surface area contributed by atoms with Crippen LogP contribution >= 0.6 is 11.8 Å². The molecule has 0 aromatic carbocycles. The van der Waals surface area contributed by atoms with Crippen molar-refractivity contribution in [3.63, 3.8) is 0 Å². The van der Waals surface area contributed by atoms with Crippen molar-refractivity contribution in [1.29, 1.82) is 0 Å². The van der Waals surface area contributed by atoms with Gasteiger partial charge in [-0.25, -0.2) is 15.0 Å². The number of fused-ring (bicyclic) bond motifs is 16. The molecule has 0 atom stereocenters. The van der Waals surface area contributed by atoms with Gasteiger partial charge in [0.05, 0.1) is 5.56 Å². The zero-order valence-corrected chi connectivity index (χ0v) is 18.7. The minimum Gasteiger partial charge on any atom is -0.381 e. The molecule has 168 valence electrons. The number of carbonyl (C=O) groups excluding carboxylic acids is 1. The third kappa shape index (κ3) is 8.31. The maximum atomic E-state index is 12.3. The molecule has 0 spiro atoms. The maximum Gasteiger partial charge on any atom is 0.252 e. The molecule has 1 amide bonds. The van der Waals surface area contributed by atoms with Crippen LogP contribution in [-0.4, -0.2) is 66.6 Å². The number of hydrogen-bond donors (Lipinski definition) is 3. The molecule has 9 nitrogen and oxygen atoms in total. The minimum atomic E-state index is -0.146. The molecule has 4 rings (SSSR count). The Morgan fingerprint density at radius 1 is 0.871 bits per heavy atom. The van der Waals surface area contributed by atoms with Gasteiger partial charge < -0.3 is 25.4 Å². The normalized spacial score (nSPS) is 17.3. The molecule has 2 aliphatic heterocycles. The molecule has 0 aliphatic carbocycles. The lowest BCUT2D eigenvalue weighted by molar-refractivity contribution is 0.0924. The van der Waals surface area contributed by atoms with Crippen LogP contribution in [0.15, 0.2) is 29.6 Å². The lowest BCUT2D eigenvalue weighted by atomic mass is 10.2. The average Bonchev–Trinajstić information content (AvgIpc) is 2.79. The quantitative estimate of drug-likeness (QED) is 0.449. The lowest BCUT2D eigenvalue weighted by Crippen LogP contribution is -2.25. The van der Waals surface area contributed by atoms with E-state index in [-0.39, 0.29) is 5.91 Å². The van der Waals surface area contributed by atoms with E-state index in [1.165, 1.54) is 11.8 Å². The smallest absolute Gasteiger partial charge is 0.252 e. The van der Waals surface area contributed by atoms with Gasteiger partial charge >= 0.3 is 0 Å². The van der Waals surface area contributed by atoms with E-state index in [0.29, 0.717) is 48.7 Å². The van der Waals surface area contributed by atoms with Crippen LogP contribution in [0.5, 0.6) is 0 Å². The fourth-order valence-corrected chi connectivity index (χ4v) is 3.26. The van der Waals surface area contributed by atoms with E-state index in [4.69, 9.17) is 9.47 Å². The lowest BCUT2D eigenvalue weighted by Gasteiger charge is -2.11. The molecule has 10 heteroatoms. The molecule has 0 radical (unpaired) electrons. The molecule has 0 unspecified atom stereocenters. The van der Waals surface area contributed by atoms with Crippen LogP contribution < -0.4 is 16.0 Å². The van der Waals surface area contributed by atoms with Crippen molar-refractivity contribution in [2.75, 3.05) is 56.4 Å². The summed E-state index contributed by atoms with van der Waals surface area (Å²) in [5, 5.41) is 10.1. The number of ether oxygens (including phenoxy) is 2. The largest absolute Gasteiger partial charge is 0.381 e. The summed E-state index contributed by atoms with van der Waals surface area (Å²) in [6.45, 7) is 4.11. The predicted octanol–water partition coefficient (Wildman–Crippen LogP) is 3.09. The van der Waals surface area contributed by atoms with E-state index in [0.717, 1.165) is 44.7 Å². The molecular weight excluding hydrogens is 416 g/mol. The highest BCUT2D eigenvalue weighted by Crippen LogP contribution is 2.20. The van der Waals surface area contributed by atoms with Crippen LogP contribution in [-0.2, 0) is 9.47 Å². The summed E-state index contributed by atoms with van der Waals surface area (Å²) in [5.41, 5.74) is 0.514. The summed E-state index contributed by atoms with van der Waals surface area (Å²) >= 11 is 1.47. The van der Waals surface area contributed by atoms with Gasteiger partial charge in [-0.05, 0) is 44.1 Å². The Morgan fingerprint density at radius 3 is 2.23 bits per heavy atom. The van der Waals surface area contributed by atoms with Gasteiger partial charge in [-0.1, -0.05) is 11.8 Å². The summed E-state index contributed by atoms with van der Waals surface area (Å²) in [7, 11) is 0. The molecule has 4 bridgehead atoms. The molecule has 31 heavy (non-hydrogen) atoms. The van der Waals surface area contributed by atoms with Crippen LogP contribution in [0.3, 0.4) is 0 Å². The number of carbonyl (C=O) groups is 1. The number of thioether (sulfide) groups is 1. The standard InChI is InChI=1S/C21H30N6O3S/c1-31-21-26-18-14-19(27-21)25-17-7-6-16(15-24-17)20(28)23-9-5-13-30-11-3-2-10-29-12-4-8-22-18/h6-7,14-15H,2-5,8-13H2,1H3,(H,23,28)(H2,22,24,25,26,27). The summed E-state index contributed by atoms with van der Waals surface area (Å²) in [4.78, 5) is 25.6. The van der Waals surface area contributed by atoms with E-state index in [9.17, 15) is 4.79 Å². The highest BCUT2D eigenvalue weighted by atomic mass is 32.2. The Hall–Kier alpha value is -2.43. The maximum absolute atomic E-state index is 12.3. The fraction of sp³-hybridized carbons (Fsp3) is 0.524. The molecule has 4 heterocycles. The molecule has 0 saturated carbocycles. The second kappa shape index (κ2) is 13.1. The zero-order valence-electron chi connectivity index (χ0n) is 17.9. The van der Waals surface area contributed by atoms with Gasteiger partial charge in [-0.3, -0.25) is 4.79 Å². The average molecular weight is 447 g/mol. The Balaban J connectivity index is 1.67. The van der Waals surface area contributed by atoms with Crippen molar-refractivity contribution in [2.24, 2.45) is 0 Å². The number of rotatable bonds is 1. The second-order valence-electron chi connectivity index (χ2n) is 7.00. The summed E-state index contributed by atoms with van der Waals surface area (Å²) in [6, 6.07) is 5.35. The van der Waals surface area contributed by atoms with Crippen molar-refractivity contribution in [1.82, 2.24) is 20.3 Å². The topological polar surface area (TPSA) is 110 Å². The Labute approximate surface area is 187 Å². The first-order valence-electron chi connectivity index (χ1n) is 10.6. The van der Waals surface area contributed by atoms with Crippen LogP contribution in [0.4, 0.5) is 17.5 Å². The van der Waals surface area contributed by atoms with Crippen molar-refractivity contribution in [3.05, 3.63) is 30.0 Å². The van der Waals surface area contributed by atoms with Crippen molar-refractivity contribution in [3.8, 4) is 0 Å². The Bertz CT molecular complexity index is 821. The number of pyridine rings is 1. The van der Waals surface area contributed by atoms with Crippen molar-refractivity contribution < 1.29 is 14.3 Å². The predicted molar refractivity (Wildman–Crippen MR) is 122 cm³/mol. The Morgan fingerprint density at radius 2 is 1.55 bits per heavy atom. The zero-order chi connectivity index (χ0) is 21.7. The van der Waals surface area contributed by atoms with Gasteiger partial charge in [-0.2, -0.15) is 0 Å². The third-order valence-electron chi connectivity index (χ3n) is 4.52. The highest BCUT2D eigenvalue weighted by molar-refractivity contribution is 7.98. The first kappa shape index (κ1) is 23.2. The first-order valence-corrected chi connectivity index (χ1v) is 11.8. The number of anilines is 3. The molecule has 2 aromatic heterocycles.